The highest BCUT2D eigenvalue weighted by Gasteiger charge is 2.33. The molecule has 192 valence electrons. The van der Waals surface area contributed by atoms with Crippen molar-refractivity contribution in [3.8, 4) is 17.9 Å². The molecular weight excluding hydrogens is 495 g/mol. The summed E-state index contributed by atoms with van der Waals surface area (Å²) in [4.78, 5) is 16.8. The molecule has 0 radical (unpaired) electrons. The Kier molecular flexibility index (Phi) is 8.02. The summed E-state index contributed by atoms with van der Waals surface area (Å²) in [6.45, 7) is 1.17. The summed E-state index contributed by atoms with van der Waals surface area (Å²) >= 11 is 0. The van der Waals surface area contributed by atoms with E-state index >= 15 is 0 Å². The molecule has 4 aromatic rings. The number of nitrogens with one attached hydrogen (secondary N) is 3. The first-order chi connectivity index (χ1) is 18.3. The van der Waals surface area contributed by atoms with Gasteiger partial charge in [0.2, 0.25) is 0 Å². The van der Waals surface area contributed by atoms with Crippen molar-refractivity contribution in [1.82, 2.24) is 25.2 Å². The number of carbonyl (C=O) groups is 1. The van der Waals surface area contributed by atoms with Crippen molar-refractivity contribution in [1.29, 1.82) is 5.26 Å². The van der Waals surface area contributed by atoms with Crippen molar-refractivity contribution in [2.24, 2.45) is 0 Å². The van der Waals surface area contributed by atoms with Gasteiger partial charge in [0.15, 0.2) is 0 Å². The number of hydrogen-bond donors (Lipinski definition) is 3. The zero-order valence-electron chi connectivity index (χ0n) is 20.2. The number of fused-ring (bicyclic) bond motifs is 1. The average Bonchev–Trinajstić information content (AvgIpc) is 3.32. The number of carbonyl (C=O) groups excluding carboxylic acids is 1. The molecule has 4 rings (SSSR count). The molecule has 11 heteroatoms. The van der Waals surface area contributed by atoms with Gasteiger partial charge >= 0.3 is 6.18 Å². The Labute approximate surface area is 216 Å². The SMILES string of the molecule is CNCCNCc1ccc(NC(=O)c2cncc(C#Cc3cnn4ccc(C#N)cc34)c2)cc1C(F)(F)F. The van der Waals surface area contributed by atoms with Crippen LogP contribution < -0.4 is 16.0 Å². The van der Waals surface area contributed by atoms with Gasteiger partial charge < -0.3 is 16.0 Å². The maximum absolute atomic E-state index is 13.7. The quantitative estimate of drug-likeness (QED) is 0.256. The second-order valence-electron chi connectivity index (χ2n) is 8.23. The lowest BCUT2D eigenvalue weighted by molar-refractivity contribution is -0.138. The summed E-state index contributed by atoms with van der Waals surface area (Å²) in [5.74, 6) is 5.25. The number of likely N-dealkylation sites (N-methyl/N-ethyl adjacent to an activating group) is 1. The van der Waals surface area contributed by atoms with Gasteiger partial charge in [-0.3, -0.25) is 9.78 Å². The third-order valence-corrected chi connectivity index (χ3v) is 5.53. The van der Waals surface area contributed by atoms with Crippen molar-refractivity contribution in [3.63, 3.8) is 0 Å². The summed E-state index contributed by atoms with van der Waals surface area (Å²) in [6, 6.07) is 10.6. The van der Waals surface area contributed by atoms with E-state index in [1.165, 1.54) is 30.6 Å². The molecule has 0 fully saturated rings. The Hall–Kier alpha value is -4.71. The van der Waals surface area contributed by atoms with Crippen molar-refractivity contribution < 1.29 is 18.0 Å². The van der Waals surface area contributed by atoms with Crippen LogP contribution >= 0.6 is 0 Å². The number of nitriles is 1. The lowest BCUT2D eigenvalue weighted by Gasteiger charge is -2.16. The predicted molar refractivity (Wildman–Crippen MR) is 135 cm³/mol. The van der Waals surface area contributed by atoms with Crippen molar-refractivity contribution in [3.05, 3.63) is 94.6 Å². The van der Waals surface area contributed by atoms with Crippen LogP contribution in [-0.4, -0.2) is 40.6 Å². The fraction of sp³-hybridized carbons (Fsp3) is 0.185. The summed E-state index contributed by atoms with van der Waals surface area (Å²) in [6.07, 6.45) is 1.41. The lowest BCUT2D eigenvalue weighted by atomic mass is 10.1. The normalized spacial score (nSPS) is 11.0. The summed E-state index contributed by atoms with van der Waals surface area (Å²) in [5.41, 5.74) is 1.53. The molecule has 0 bridgehead atoms. The number of halogens is 3. The largest absolute Gasteiger partial charge is 0.416 e. The van der Waals surface area contributed by atoms with Gasteiger partial charge in [0.05, 0.1) is 40.0 Å². The highest BCUT2D eigenvalue weighted by Crippen LogP contribution is 2.34. The number of hydrogen-bond acceptors (Lipinski definition) is 6. The molecule has 8 nitrogen and oxygen atoms in total. The van der Waals surface area contributed by atoms with E-state index < -0.39 is 17.6 Å². The Morgan fingerprint density at radius 2 is 1.89 bits per heavy atom. The van der Waals surface area contributed by atoms with E-state index in [4.69, 9.17) is 5.26 Å². The minimum absolute atomic E-state index is 0.0115. The van der Waals surface area contributed by atoms with Crippen LogP contribution in [0.3, 0.4) is 0 Å². The number of rotatable bonds is 7. The topological polar surface area (TPSA) is 107 Å². The third-order valence-electron chi connectivity index (χ3n) is 5.53. The molecule has 0 saturated carbocycles. The molecule has 0 aliphatic carbocycles. The van der Waals surface area contributed by atoms with Crippen LogP contribution in [0.5, 0.6) is 0 Å². The predicted octanol–water partition coefficient (Wildman–Crippen LogP) is 3.58. The van der Waals surface area contributed by atoms with E-state index in [1.54, 1.807) is 36.1 Å². The van der Waals surface area contributed by atoms with E-state index in [-0.39, 0.29) is 23.4 Å². The number of anilines is 1. The van der Waals surface area contributed by atoms with Crippen LogP contribution in [-0.2, 0) is 12.7 Å². The first-order valence-electron chi connectivity index (χ1n) is 11.5. The van der Waals surface area contributed by atoms with E-state index in [0.717, 1.165) is 6.07 Å². The first-order valence-corrected chi connectivity index (χ1v) is 11.5. The molecule has 0 aliphatic rings. The molecular formula is C27H22F3N7O. The molecule has 3 N–H and O–H groups in total. The average molecular weight is 518 g/mol. The number of pyridine rings is 2. The fourth-order valence-electron chi connectivity index (χ4n) is 3.63. The van der Waals surface area contributed by atoms with Gasteiger partial charge in [-0.2, -0.15) is 23.5 Å². The molecule has 1 aromatic carbocycles. The monoisotopic (exact) mass is 517 g/mol. The molecule has 0 saturated heterocycles. The second kappa shape index (κ2) is 11.6. The highest BCUT2D eigenvalue weighted by atomic mass is 19.4. The highest BCUT2D eigenvalue weighted by molar-refractivity contribution is 6.04. The zero-order chi connectivity index (χ0) is 27.1. The van der Waals surface area contributed by atoms with Gasteiger partial charge in [-0.1, -0.05) is 17.9 Å². The molecule has 0 atom stereocenters. The number of nitrogens with zero attached hydrogens (tertiary/aromatic N) is 4. The molecule has 3 aromatic heterocycles. The molecule has 3 heterocycles. The molecule has 0 spiro atoms. The van der Waals surface area contributed by atoms with Crippen molar-refractivity contribution in [2.45, 2.75) is 12.7 Å². The Bertz CT molecular complexity index is 1580. The van der Waals surface area contributed by atoms with Crippen LogP contribution in [0.15, 0.2) is 61.2 Å². The third kappa shape index (κ3) is 6.34. The maximum atomic E-state index is 13.7. The van der Waals surface area contributed by atoms with Gasteiger partial charge in [0, 0.05) is 49.5 Å². The van der Waals surface area contributed by atoms with Crippen LogP contribution in [0.4, 0.5) is 18.9 Å². The molecule has 0 unspecified atom stereocenters. The standard InChI is InChI=1S/C27H22F3N7O/c1-32-7-8-33-15-20-4-5-23(12-24(20)27(28,29)30)36-26(38)22-10-19(14-34-16-22)2-3-21-17-35-37-9-6-18(13-31)11-25(21)37/h4-6,9-12,14,16-17,32-33H,7-8,15H2,1H3,(H,36,38). The number of benzene rings is 1. The van der Waals surface area contributed by atoms with Gasteiger partial charge in [0.25, 0.3) is 5.91 Å². The lowest BCUT2D eigenvalue weighted by Crippen LogP contribution is -2.25. The van der Waals surface area contributed by atoms with Crippen LogP contribution in [0.25, 0.3) is 5.52 Å². The minimum Gasteiger partial charge on any atom is -0.322 e. The minimum atomic E-state index is -4.58. The smallest absolute Gasteiger partial charge is 0.322 e. The van der Waals surface area contributed by atoms with E-state index in [1.807, 2.05) is 0 Å². The maximum Gasteiger partial charge on any atom is 0.416 e. The fourth-order valence-corrected chi connectivity index (χ4v) is 3.63. The van der Waals surface area contributed by atoms with E-state index in [2.05, 4.69) is 43.9 Å². The van der Waals surface area contributed by atoms with Crippen LogP contribution in [0, 0.1) is 23.2 Å². The molecule has 38 heavy (non-hydrogen) atoms. The van der Waals surface area contributed by atoms with Gasteiger partial charge in [0.1, 0.15) is 0 Å². The van der Waals surface area contributed by atoms with Crippen molar-refractivity contribution >= 4 is 17.1 Å². The molecule has 1 amide bonds. The Balaban J connectivity index is 1.52. The summed E-state index contributed by atoms with van der Waals surface area (Å²) < 4.78 is 42.6. The van der Waals surface area contributed by atoms with E-state index in [9.17, 15) is 18.0 Å². The summed E-state index contributed by atoms with van der Waals surface area (Å²) in [5, 5.41) is 21.7. The summed E-state index contributed by atoms with van der Waals surface area (Å²) in [7, 11) is 1.76. The van der Waals surface area contributed by atoms with E-state index in [0.29, 0.717) is 35.3 Å². The number of amides is 1. The Morgan fingerprint density at radius 1 is 1.05 bits per heavy atom. The zero-order valence-corrected chi connectivity index (χ0v) is 20.2. The van der Waals surface area contributed by atoms with Gasteiger partial charge in [-0.15, -0.1) is 0 Å². The Morgan fingerprint density at radius 3 is 2.66 bits per heavy atom. The second-order valence-corrected chi connectivity index (χ2v) is 8.23. The van der Waals surface area contributed by atoms with Crippen molar-refractivity contribution in [2.75, 3.05) is 25.5 Å². The van der Waals surface area contributed by atoms with Gasteiger partial charge in [-0.05, 0) is 42.9 Å². The van der Waals surface area contributed by atoms with Crippen LogP contribution in [0.2, 0.25) is 0 Å². The number of aromatic nitrogens is 3. The molecule has 0 aliphatic heterocycles. The first kappa shape index (κ1) is 26.4. The van der Waals surface area contributed by atoms with Crippen LogP contribution in [0.1, 0.15) is 38.2 Å². The number of alkyl halides is 3. The van der Waals surface area contributed by atoms with Gasteiger partial charge in [-0.25, -0.2) is 4.52 Å².